The van der Waals surface area contributed by atoms with Crippen LogP contribution in [0.1, 0.15) is 40.2 Å². The van der Waals surface area contributed by atoms with Crippen LogP contribution in [-0.4, -0.2) is 12.1 Å². The maximum absolute atomic E-state index is 6.22. The van der Waals surface area contributed by atoms with E-state index in [0.29, 0.717) is 11.6 Å². The van der Waals surface area contributed by atoms with Crippen molar-refractivity contribution in [1.82, 2.24) is 5.32 Å². The van der Waals surface area contributed by atoms with Crippen molar-refractivity contribution in [3.05, 3.63) is 40.4 Å². The van der Waals surface area contributed by atoms with E-state index >= 15 is 0 Å². The van der Waals surface area contributed by atoms with E-state index in [1.807, 2.05) is 38.1 Å². The zero-order valence-corrected chi connectivity index (χ0v) is 13.3. The highest BCUT2D eigenvalue weighted by Crippen LogP contribution is 2.25. The molecular formula is C16H24ClNO. The van der Waals surface area contributed by atoms with Gasteiger partial charge >= 0.3 is 0 Å². The number of ether oxygens (including phenoxy) is 1. The second kappa shape index (κ2) is 6.97. The van der Waals surface area contributed by atoms with Crippen molar-refractivity contribution in [2.45, 2.75) is 46.7 Å². The Morgan fingerprint density at radius 2 is 2.00 bits per heavy atom. The minimum Gasteiger partial charge on any atom is -0.488 e. The van der Waals surface area contributed by atoms with E-state index in [2.05, 4.69) is 26.1 Å². The molecule has 1 aromatic carbocycles. The van der Waals surface area contributed by atoms with E-state index in [1.54, 1.807) is 0 Å². The molecule has 0 spiro atoms. The van der Waals surface area contributed by atoms with Gasteiger partial charge in [-0.25, -0.2) is 0 Å². The number of rotatable bonds is 5. The van der Waals surface area contributed by atoms with Gasteiger partial charge in [0.2, 0.25) is 0 Å². The third-order valence-corrected chi connectivity index (χ3v) is 2.84. The second-order valence-corrected chi connectivity index (χ2v) is 6.37. The molecule has 0 heterocycles. The van der Waals surface area contributed by atoms with Gasteiger partial charge < -0.3 is 10.1 Å². The molecule has 0 saturated carbocycles. The third kappa shape index (κ3) is 6.65. The van der Waals surface area contributed by atoms with Crippen molar-refractivity contribution in [3.63, 3.8) is 0 Å². The first-order chi connectivity index (χ1) is 8.78. The van der Waals surface area contributed by atoms with Gasteiger partial charge in [-0.3, -0.25) is 0 Å². The van der Waals surface area contributed by atoms with Gasteiger partial charge in [-0.15, -0.1) is 0 Å². The molecule has 1 rings (SSSR count). The van der Waals surface area contributed by atoms with Crippen LogP contribution in [0.4, 0.5) is 0 Å². The van der Waals surface area contributed by atoms with Crippen LogP contribution in [-0.2, 0) is 6.54 Å². The number of hydrogen-bond donors (Lipinski definition) is 1. The molecule has 0 fully saturated rings. The van der Waals surface area contributed by atoms with E-state index in [-0.39, 0.29) is 5.54 Å². The molecule has 1 aromatic rings. The first-order valence-corrected chi connectivity index (χ1v) is 6.95. The maximum atomic E-state index is 6.22. The monoisotopic (exact) mass is 281 g/mol. The molecule has 0 unspecified atom stereocenters. The Hall–Kier alpha value is -0.990. The van der Waals surface area contributed by atoms with Crippen LogP contribution >= 0.6 is 11.6 Å². The summed E-state index contributed by atoms with van der Waals surface area (Å²) in [6, 6.07) is 5.93. The first-order valence-electron chi connectivity index (χ1n) is 6.57. The highest BCUT2D eigenvalue weighted by molar-refractivity contribution is 6.32. The molecule has 0 radical (unpaired) electrons. The smallest absolute Gasteiger partial charge is 0.138 e. The fourth-order valence-electron chi connectivity index (χ4n) is 1.44. The van der Waals surface area contributed by atoms with Crippen LogP contribution in [0.5, 0.6) is 5.75 Å². The normalized spacial score (nSPS) is 11.3. The average molecular weight is 282 g/mol. The van der Waals surface area contributed by atoms with Crippen molar-refractivity contribution >= 4 is 11.6 Å². The Bertz CT molecular complexity index is 443. The Kier molecular flexibility index (Phi) is 5.89. The highest BCUT2D eigenvalue weighted by Gasteiger charge is 2.09. The molecule has 19 heavy (non-hydrogen) atoms. The molecule has 0 saturated heterocycles. The van der Waals surface area contributed by atoms with Crippen LogP contribution < -0.4 is 10.1 Å². The molecular weight excluding hydrogens is 258 g/mol. The van der Waals surface area contributed by atoms with E-state index < -0.39 is 0 Å². The zero-order chi connectivity index (χ0) is 14.5. The summed E-state index contributed by atoms with van der Waals surface area (Å²) in [5.74, 6) is 0.735. The topological polar surface area (TPSA) is 21.3 Å². The standard InChI is InChI=1S/C16H24ClNO/c1-12(2)8-9-19-15-7-6-13(10-14(15)17)11-18-16(3,4)5/h6-8,10,18H,9,11H2,1-5H3. The Morgan fingerprint density at radius 3 is 2.53 bits per heavy atom. The summed E-state index contributed by atoms with van der Waals surface area (Å²) in [7, 11) is 0. The lowest BCUT2D eigenvalue weighted by molar-refractivity contribution is 0.362. The van der Waals surface area contributed by atoms with Crippen molar-refractivity contribution in [1.29, 1.82) is 0 Å². The lowest BCUT2D eigenvalue weighted by Crippen LogP contribution is -2.35. The van der Waals surface area contributed by atoms with Gasteiger partial charge in [-0.05, 0) is 58.4 Å². The van der Waals surface area contributed by atoms with Crippen molar-refractivity contribution in [2.75, 3.05) is 6.61 Å². The highest BCUT2D eigenvalue weighted by atomic mass is 35.5. The third-order valence-electron chi connectivity index (χ3n) is 2.55. The molecule has 0 atom stereocenters. The minimum atomic E-state index is 0.102. The Morgan fingerprint density at radius 1 is 1.32 bits per heavy atom. The van der Waals surface area contributed by atoms with E-state index in [9.17, 15) is 0 Å². The second-order valence-electron chi connectivity index (χ2n) is 5.96. The molecule has 3 heteroatoms. The molecule has 0 aliphatic rings. The van der Waals surface area contributed by atoms with Crippen molar-refractivity contribution in [2.24, 2.45) is 0 Å². The van der Waals surface area contributed by atoms with Crippen LogP contribution in [0.3, 0.4) is 0 Å². The van der Waals surface area contributed by atoms with Gasteiger partial charge in [0.15, 0.2) is 0 Å². The molecule has 1 N–H and O–H groups in total. The SMILES string of the molecule is CC(C)=CCOc1ccc(CNC(C)(C)C)cc1Cl. The fraction of sp³-hybridized carbons (Fsp3) is 0.500. The summed E-state index contributed by atoms with van der Waals surface area (Å²) >= 11 is 6.22. The van der Waals surface area contributed by atoms with E-state index in [0.717, 1.165) is 17.9 Å². The molecule has 0 aliphatic carbocycles. The lowest BCUT2D eigenvalue weighted by atomic mass is 10.1. The molecule has 2 nitrogen and oxygen atoms in total. The van der Waals surface area contributed by atoms with Gasteiger partial charge in [0.25, 0.3) is 0 Å². The number of benzene rings is 1. The zero-order valence-electron chi connectivity index (χ0n) is 12.5. The lowest BCUT2D eigenvalue weighted by Gasteiger charge is -2.20. The summed E-state index contributed by atoms with van der Waals surface area (Å²) in [4.78, 5) is 0. The Balaban J connectivity index is 2.61. The van der Waals surface area contributed by atoms with Gasteiger partial charge in [0.05, 0.1) is 5.02 Å². The molecule has 0 aromatic heterocycles. The van der Waals surface area contributed by atoms with E-state index in [4.69, 9.17) is 16.3 Å². The predicted octanol–water partition coefficient (Wildman–Crippen LogP) is 4.57. The molecule has 106 valence electrons. The summed E-state index contributed by atoms with van der Waals surface area (Å²) in [6.45, 7) is 11.9. The average Bonchev–Trinajstić information content (AvgIpc) is 2.27. The summed E-state index contributed by atoms with van der Waals surface area (Å²) in [5.41, 5.74) is 2.50. The van der Waals surface area contributed by atoms with Gasteiger partial charge in [-0.1, -0.05) is 23.2 Å². The fourth-order valence-corrected chi connectivity index (χ4v) is 1.69. The summed E-state index contributed by atoms with van der Waals surface area (Å²) in [6.07, 6.45) is 2.03. The number of allylic oxidation sites excluding steroid dienone is 1. The van der Waals surface area contributed by atoms with Crippen LogP contribution in [0.25, 0.3) is 0 Å². The van der Waals surface area contributed by atoms with Gasteiger partial charge in [0, 0.05) is 12.1 Å². The molecule has 0 aliphatic heterocycles. The molecule has 0 bridgehead atoms. The quantitative estimate of drug-likeness (QED) is 0.798. The molecule has 0 amide bonds. The first kappa shape index (κ1) is 16.1. The summed E-state index contributed by atoms with van der Waals surface area (Å²) in [5, 5.41) is 4.10. The minimum absolute atomic E-state index is 0.102. The maximum Gasteiger partial charge on any atom is 0.138 e. The van der Waals surface area contributed by atoms with Crippen molar-refractivity contribution in [3.8, 4) is 5.75 Å². The van der Waals surface area contributed by atoms with Crippen LogP contribution in [0, 0.1) is 0 Å². The summed E-state index contributed by atoms with van der Waals surface area (Å²) < 4.78 is 5.62. The largest absolute Gasteiger partial charge is 0.488 e. The van der Waals surface area contributed by atoms with Crippen molar-refractivity contribution < 1.29 is 4.74 Å². The Labute approximate surface area is 121 Å². The number of hydrogen-bond acceptors (Lipinski definition) is 2. The van der Waals surface area contributed by atoms with Gasteiger partial charge in [-0.2, -0.15) is 0 Å². The van der Waals surface area contributed by atoms with E-state index in [1.165, 1.54) is 5.57 Å². The van der Waals surface area contributed by atoms with Gasteiger partial charge in [0.1, 0.15) is 12.4 Å². The number of halogens is 1. The number of nitrogens with one attached hydrogen (secondary N) is 1. The predicted molar refractivity (Wildman–Crippen MR) is 83.0 cm³/mol. The van der Waals surface area contributed by atoms with Crippen LogP contribution in [0.15, 0.2) is 29.8 Å². The van der Waals surface area contributed by atoms with Crippen LogP contribution in [0.2, 0.25) is 5.02 Å².